The standard InChI is InChI=1S/C13H24N2O2/c1-10-8-14-9-12(10)13(17)15(6-7-16)11-4-2-3-5-11/h10-12,14,16H,2-9H2,1H3. The van der Waals surface area contributed by atoms with Crippen molar-refractivity contribution in [2.45, 2.75) is 38.6 Å². The maximum Gasteiger partial charge on any atom is 0.227 e. The van der Waals surface area contributed by atoms with Crippen LogP contribution in [0.2, 0.25) is 0 Å². The molecular weight excluding hydrogens is 216 g/mol. The van der Waals surface area contributed by atoms with Gasteiger partial charge in [-0.1, -0.05) is 19.8 Å². The van der Waals surface area contributed by atoms with Crippen molar-refractivity contribution >= 4 is 5.91 Å². The van der Waals surface area contributed by atoms with Gasteiger partial charge in [-0.3, -0.25) is 4.79 Å². The van der Waals surface area contributed by atoms with E-state index in [-0.39, 0.29) is 18.4 Å². The van der Waals surface area contributed by atoms with Gasteiger partial charge in [-0.15, -0.1) is 0 Å². The van der Waals surface area contributed by atoms with E-state index in [1.807, 2.05) is 4.90 Å². The van der Waals surface area contributed by atoms with Gasteiger partial charge < -0.3 is 15.3 Å². The van der Waals surface area contributed by atoms with Crippen LogP contribution in [0.25, 0.3) is 0 Å². The normalized spacial score (nSPS) is 29.8. The van der Waals surface area contributed by atoms with Crippen LogP contribution in [0, 0.1) is 11.8 Å². The second-order valence-electron chi connectivity index (χ2n) is 5.44. The topological polar surface area (TPSA) is 52.6 Å². The Hall–Kier alpha value is -0.610. The molecule has 0 radical (unpaired) electrons. The van der Waals surface area contributed by atoms with Crippen LogP contribution < -0.4 is 5.32 Å². The van der Waals surface area contributed by atoms with Gasteiger partial charge in [0.05, 0.1) is 12.5 Å². The minimum atomic E-state index is 0.0801. The fourth-order valence-corrected chi connectivity index (χ4v) is 3.15. The maximum atomic E-state index is 12.5. The number of aliphatic hydroxyl groups excluding tert-OH is 1. The Labute approximate surface area is 103 Å². The average Bonchev–Trinajstić information content (AvgIpc) is 2.95. The van der Waals surface area contributed by atoms with Crippen LogP contribution in [0.5, 0.6) is 0 Å². The Kier molecular flexibility index (Phi) is 4.40. The lowest BCUT2D eigenvalue weighted by molar-refractivity contribution is -0.138. The Morgan fingerprint density at radius 3 is 2.59 bits per heavy atom. The molecule has 2 fully saturated rings. The molecule has 98 valence electrons. The van der Waals surface area contributed by atoms with Crippen molar-refractivity contribution in [1.82, 2.24) is 10.2 Å². The van der Waals surface area contributed by atoms with E-state index >= 15 is 0 Å². The summed E-state index contributed by atoms with van der Waals surface area (Å²) in [6.45, 7) is 4.46. The van der Waals surface area contributed by atoms with E-state index in [1.54, 1.807) is 0 Å². The van der Waals surface area contributed by atoms with E-state index in [9.17, 15) is 4.79 Å². The zero-order chi connectivity index (χ0) is 12.3. The molecule has 1 amide bonds. The first kappa shape index (κ1) is 12.8. The molecule has 1 aliphatic carbocycles. The van der Waals surface area contributed by atoms with Crippen molar-refractivity contribution in [2.75, 3.05) is 26.2 Å². The van der Waals surface area contributed by atoms with Gasteiger partial charge in [-0.2, -0.15) is 0 Å². The first-order chi connectivity index (χ1) is 8.24. The molecule has 2 N–H and O–H groups in total. The van der Waals surface area contributed by atoms with Gasteiger partial charge in [0.15, 0.2) is 0 Å². The molecule has 1 saturated heterocycles. The zero-order valence-electron chi connectivity index (χ0n) is 10.7. The quantitative estimate of drug-likeness (QED) is 0.757. The van der Waals surface area contributed by atoms with Crippen LogP contribution in [-0.4, -0.2) is 48.2 Å². The van der Waals surface area contributed by atoms with E-state index in [4.69, 9.17) is 5.11 Å². The maximum absolute atomic E-state index is 12.5. The number of carbonyl (C=O) groups excluding carboxylic acids is 1. The van der Waals surface area contributed by atoms with Crippen molar-refractivity contribution in [2.24, 2.45) is 11.8 Å². The van der Waals surface area contributed by atoms with Crippen LogP contribution in [-0.2, 0) is 4.79 Å². The van der Waals surface area contributed by atoms with Crippen LogP contribution >= 0.6 is 0 Å². The summed E-state index contributed by atoms with van der Waals surface area (Å²) in [5.74, 6) is 0.788. The van der Waals surface area contributed by atoms with Crippen LogP contribution in [0.4, 0.5) is 0 Å². The first-order valence-electron chi connectivity index (χ1n) is 6.86. The summed E-state index contributed by atoms with van der Waals surface area (Å²) in [4.78, 5) is 14.5. The third kappa shape index (κ3) is 2.80. The number of hydrogen-bond acceptors (Lipinski definition) is 3. The molecule has 0 aromatic rings. The lowest BCUT2D eigenvalue weighted by Crippen LogP contribution is -2.45. The van der Waals surface area contributed by atoms with E-state index in [0.29, 0.717) is 18.5 Å². The summed E-state index contributed by atoms with van der Waals surface area (Å²) in [6, 6.07) is 0.377. The minimum absolute atomic E-state index is 0.0801. The number of nitrogens with one attached hydrogen (secondary N) is 1. The molecule has 1 aliphatic heterocycles. The lowest BCUT2D eigenvalue weighted by Gasteiger charge is -2.31. The molecular formula is C13H24N2O2. The first-order valence-corrected chi connectivity index (χ1v) is 6.86. The second kappa shape index (κ2) is 5.83. The predicted molar refractivity (Wildman–Crippen MR) is 66.6 cm³/mol. The van der Waals surface area contributed by atoms with Gasteiger partial charge >= 0.3 is 0 Å². The number of nitrogens with zero attached hydrogens (tertiary/aromatic N) is 1. The Morgan fingerprint density at radius 2 is 2.06 bits per heavy atom. The van der Waals surface area contributed by atoms with Crippen molar-refractivity contribution in [3.63, 3.8) is 0 Å². The Bertz CT molecular complexity index is 264. The van der Waals surface area contributed by atoms with Crippen molar-refractivity contribution in [1.29, 1.82) is 0 Å². The molecule has 2 rings (SSSR count). The van der Waals surface area contributed by atoms with E-state index in [1.165, 1.54) is 12.8 Å². The molecule has 2 aliphatic rings. The second-order valence-corrected chi connectivity index (χ2v) is 5.44. The highest BCUT2D eigenvalue weighted by Gasteiger charge is 2.35. The average molecular weight is 240 g/mol. The van der Waals surface area contributed by atoms with E-state index < -0.39 is 0 Å². The summed E-state index contributed by atoms with van der Waals surface area (Å²) < 4.78 is 0. The van der Waals surface area contributed by atoms with Crippen molar-refractivity contribution in [3.05, 3.63) is 0 Å². The van der Waals surface area contributed by atoms with Crippen molar-refractivity contribution < 1.29 is 9.90 Å². The molecule has 17 heavy (non-hydrogen) atoms. The largest absolute Gasteiger partial charge is 0.395 e. The summed E-state index contributed by atoms with van der Waals surface area (Å²) in [7, 11) is 0. The van der Waals surface area contributed by atoms with Gasteiger partial charge in [0.1, 0.15) is 0 Å². The molecule has 0 aromatic heterocycles. The summed E-state index contributed by atoms with van der Waals surface area (Å²) in [5.41, 5.74) is 0. The van der Waals surface area contributed by atoms with Crippen molar-refractivity contribution in [3.8, 4) is 0 Å². The van der Waals surface area contributed by atoms with Gasteiger partial charge in [0, 0.05) is 19.1 Å². The number of rotatable bonds is 4. The third-order valence-electron chi connectivity index (χ3n) is 4.22. The highest BCUT2D eigenvalue weighted by atomic mass is 16.3. The highest BCUT2D eigenvalue weighted by molar-refractivity contribution is 5.80. The molecule has 2 atom stereocenters. The monoisotopic (exact) mass is 240 g/mol. The number of amides is 1. The van der Waals surface area contributed by atoms with Gasteiger partial charge in [0.25, 0.3) is 0 Å². The molecule has 1 saturated carbocycles. The fraction of sp³-hybridized carbons (Fsp3) is 0.923. The molecule has 0 bridgehead atoms. The SMILES string of the molecule is CC1CNCC1C(=O)N(CCO)C1CCCC1. The smallest absolute Gasteiger partial charge is 0.227 e. The number of carbonyl (C=O) groups is 1. The third-order valence-corrected chi connectivity index (χ3v) is 4.22. The van der Waals surface area contributed by atoms with Gasteiger partial charge in [-0.05, 0) is 25.3 Å². The van der Waals surface area contributed by atoms with E-state index in [2.05, 4.69) is 12.2 Å². The molecule has 4 nitrogen and oxygen atoms in total. The van der Waals surface area contributed by atoms with Crippen LogP contribution in [0.1, 0.15) is 32.6 Å². The summed E-state index contributed by atoms with van der Waals surface area (Å²) >= 11 is 0. The zero-order valence-corrected chi connectivity index (χ0v) is 10.7. The fourth-order valence-electron chi connectivity index (χ4n) is 3.15. The highest BCUT2D eigenvalue weighted by Crippen LogP contribution is 2.27. The molecule has 2 unspecified atom stereocenters. The Balaban J connectivity index is 2.01. The number of aliphatic hydroxyl groups is 1. The minimum Gasteiger partial charge on any atom is -0.395 e. The predicted octanol–water partition coefficient (Wildman–Crippen LogP) is 0.605. The summed E-state index contributed by atoms with van der Waals surface area (Å²) in [5, 5.41) is 12.4. The molecule has 1 heterocycles. The Morgan fingerprint density at radius 1 is 1.35 bits per heavy atom. The molecule has 4 heteroatoms. The van der Waals surface area contributed by atoms with Crippen LogP contribution in [0.15, 0.2) is 0 Å². The van der Waals surface area contributed by atoms with Gasteiger partial charge in [-0.25, -0.2) is 0 Å². The molecule has 0 spiro atoms. The molecule has 0 aromatic carbocycles. The van der Waals surface area contributed by atoms with Gasteiger partial charge in [0.2, 0.25) is 5.91 Å². The number of hydrogen-bond donors (Lipinski definition) is 2. The lowest BCUT2D eigenvalue weighted by atomic mass is 9.95. The summed E-state index contributed by atoms with van der Waals surface area (Å²) in [6.07, 6.45) is 4.66. The van der Waals surface area contributed by atoms with E-state index in [0.717, 1.165) is 25.9 Å². The van der Waals surface area contributed by atoms with Crippen LogP contribution in [0.3, 0.4) is 0 Å².